The zero-order valence-corrected chi connectivity index (χ0v) is 11.5. The monoisotopic (exact) mass is 283 g/mol. The van der Waals surface area contributed by atoms with Gasteiger partial charge in [0.1, 0.15) is 5.01 Å². The van der Waals surface area contributed by atoms with E-state index in [0.29, 0.717) is 11.6 Å². The summed E-state index contributed by atoms with van der Waals surface area (Å²) in [7, 11) is 0. The highest BCUT2D eigenvalue weighted by atomic mass is 32.1. The van der Waals surface area contributed by atoms with Crippen molar-refractivity contribution in [3.05, 3.63) is 16.1 Å². The Morgan fingerprint density at radius 1 is 1.63 bits per heavy atom. The number of nitrogens with zero attached hydrogens (tertiary/aromatic N) is 1. The van der Waals surface area contributed by atoms with E-state index < -0.39 is 5.97 Å². The van der Waals surface area contributed by atoms with E-state index in [4.69, 9.17) is 5.11 Å². The molecule has 1 aromatic rings. The minimum absolute atomic E-state index is 0.00453. The fourth-order valence-corrected chi connectivity index (χ4v) is 2.85. The molecule has 3 N–H and O–H groups in total. The van der Waals surface area contributed by atoms with E-state index in [1.165, 1.54) is 16.7 Å². The third-order valence-corrected chi connectivity index (χ3v) is 4.17. The van der Waals surface area contributed by atoms with Crippen LogP contribution in [0.1, 0.15) is 41.3 Å². The molecular formula is C12H17N3O3S. The van der Waals surface area contributed by atoms with E-state index in [1.807, 2.05) is 6.92 Å². The van der Waals surface area contributed by atoms with Crippen LogP contribution in [-0.4, -0.2) is 35.1 Å². The molecule has 1 aliphatic rings. The lowest BCUT2D eigenvalue weighted by Crippen LogP contribution is -2.41. The summed E-state index contributed by atoms with van der Waals surface area (Å²) in [5.74, 6) is -1.04. The Kier molecular flexibility index (Phi) is 4.49. The first kappa shape index (κ1) is 14.0. The average Bonchev–Trinajstić information content (AvgIpc) is 2.89. The molecule has 0 bridgehead atoms. The van der Waals surface area contributed by atoms with Gasteiger partial charge in [-0.2, -0.15) is 0 Å². The lowest BCUT2D eigenvalue weighted by atomic mass is 9.98. The van der Waals surface area contributed by atoms with E-state index in [2.05, 4.69) is 15.6 Å². The van der Waals surface area contributed by atoms with Gasteiger partial charge >= 0.3 is 5.97 Å². The van der Waals surface area contributed by atoms with Crippen LogP contribution in [0.3, 0.4) is 0 Å². The lowest BCUT2D eigenvalue weighted by Gasteiger charge is -2.23. The van der Waals surface area contributed by atoms with Crippen molar-refractivity contribution in [3.8, 4) is 0 Å². The molecule has 19 heavy (non-hydrogen) atoms. The van der Waals surface area contributed by atoms with Gasteiger partial charge in [-0.15, -0.1) is 11.3 Å². The smallest absolute Gasteiger partial charge is 0.355 e. The van der Waals surface area contributed by atoms with Crippen molar-refractivity contribution < 1.29 is 14.7 Å². The Labute approximate surface area is 115 Å². The fraction of sp³-hybridized carbons (Fsp3) is 0.583. The van der Waals surface area contributed by atoms with Crippen molar-refractivity contribution >= 4 is 23.2 Å². The number of carbonyl (C=O) groups is 2. The van der Waals surface area contributed by atoms with E-state index in [1.54, 1.807) is 0 Å². The van der Waals surface area contributed by atoms with Gasteiger partial charge in [-0.3, -0.25) is 4.79 Å². The number of carbonyl (C=O) groups excluding carboxylic acids is 1. The summed E-state index contributed by atoms with van der Waals surface area (Å²) in [6.07, 6.45) is 1.90. The van der Waals surface area contributed by atoms with Crippen molar-refractivity contribution in [3.63, 3.8) is 0 Å². The molecule has 0 aliphatic carbocycles. The number of piperidine rings is 1. The van der Waals surface area contributed by atoms with E-state index in [9.17, 15) is 9.59 Å². The molecule has 0 spiro atoms. The minimum atomic E-state index is -1.04. The van der Waals surface area contributed by atoms with Gasteiger partial charge in [0.25, 0.3) is 0 Å². The number of carboxylic acid groups (broad SMARTS) is 1. The lowest BCUT2D eigenvalue weighted by molar-refractivity contribution is -0.126. The zero-order valence-electron chi connectivity index (χ0n) is 10.7. The average molecular weight is 283 g/mol. The first-order chi connectivity index (χ1) is 9.08. The highest BCUT2D eigenvalue weighted by Gasteiger charge is 2.23. The predicted molar refractivity (Wildman–Crippen MR) is 71.2 cm³/mol. The van der Waals surface area contributed by atoms with E-state index in [0.717, 1.165) is 19.4 Å². The van der Waals surface area contributed by atoms with Gasteiger partial charge in [0, 0.05) is 11.9 Å². The quantitative estimate of drug-likeness (QED) is 0.767. The van der Waals surface area contributed by atoms with Crippen molar-refractivity contribution in [1.29, 1.82) is 0 Å². The highest BCUT2D eigenvalue weighted by Crippen LogP contribution is 2.19. The molecular weight excluding hydrogens is 266 g/mol. The van der Waals surface area contributed by atoms with Gasteiger partial charge in [0.2, 0.25) is 5.91 Å². The van der Waals surface area contributed by atoms with Gasteiger partial charge in [-0.1, -0.05) is 0 Å². The molecule has 0 radical (unpaired) electrons. The van der Waals surface area contributed by atoms with Crippen LogP contribution in [0, 0.1) is 5.92 Å². The maximum absolute atomic E-state index is 12.0. The Hall–Kier alpha value is -1.47. The van der Waals surface area contributed by atoms with Gasteiger partial charge in [0.15, 0.2) is 5.69 Å². The van der Waals surface area contributed by atoms with Crippen molar-refractivity contribution in [2.45, 2.75) is 25.8 Å². The second-order valence-electron chi connectivity index (χ2n) is 4.65. The SMILES string of the molecule is CC(NC(=O)[C@H]1CCCNC1)c1nc(C(=O)O)cs1. The molecule has 104 valence electrons. The Balaban J connectivity index is 1.93. The number of amides is 1. The van der Waals surface area contributed by atoms with Gasteiger partial charge in [-0.05, 0) is 26.3 Å². The number of aromatic carboxylic acids is 1. The molecule has 7 heteroatoms. The molecule has 1 aliphatic heterocycles. The number of carboxylic acids is 1. The summed E-state index contributed by atoms with van der Waals surface area (Å²) in [5, 5.41) is 17.0. The van der Waals surface area contributed by atoms with Crippen LogP contribution in [0.2, 0.25) is 0 Å². The first-order valence-corrected chi connectivity index (χ1v) is 7.15. The second kappa shape index (κ2) is 6.12. The summed E-state index contributed by atoms with van der Waals surface area (Å²) in [6, 6.07) is -0.257. The van der Waals surface area contributed by atoms with Crippen LogP contribution in [0.5, 0.6) is 0 Å². The summed E-state index contributed by atoms with van der Waals surface area (Å²) in [6.45, 7) is 3.49. The molecule has 0 aromatic carbocycles. The van der Waals surface area contributed by atoms with E-state index in [-0.39, 0.29) is 23.6 Å². The maximum atomic E-state index is 12.0. The standard InChI is InChI=1S/C12H17N3O3S/c1-7(11-15-9(6-19-11)12(17)18)14-10(16)8-3-2-4-13-5-8/h6-8,13H,2-5H2,1H3,(H,14,16)(H,17,18)/t7?,8-/m0/s1. The van der Waals surface area contributed by atoms with Crippen LogP contribution in [0.25, 0.3) is 0 Å². The molecule has 1 saturated heterocycles. The molecule has 1 unspecified atom stereocenters. The van der Waals surface area contributed by atoms with E-state index >= 15 is 0 Å². The second-order valence-corrected chi connectivity index (χ2v) is 5.54. The Morgan fingerprint density at radius 2 is 2.42 bits per heavy atom. The van der Waals surface area contributed by atoms with Gasteiger partial charge in [0.05, 0.1) is 12.0 Å². The van der Waals surface area contributed by atoms with Crippen molar-refractivity contribution in [2.75, 3.05) is 13.1 Å². The molecule has 2 rings (SSSR count). The Morgan fingerprint density at radius 3 is 3.00 bits per heavy atom. The minimum Gasteiger partial charge on any atom is -0.476 e. The fourth-order valence-electron chi connectivity index (χ4n) is 2.05. The molecule has 0 saturated carbocycles. The molecule has 1 fully saturated rings. The van der Waals surface area contributed by atoms with Crippen LogP contribution >= 0.6 is 11.3 Å². The third-order valence-electron chi connectivity index (χ3n) is 3.14. The highest BCUT2D eigenvalue weighted by molar-refractivity contribution is 7.09. The Bertz CT molecular complexity index is 469. The number of hydrogen-bond acceptors (Lipinski definition) is 5. The number of hydrogen-bond donors (Lipinski definition) is 3. The number of rotatable bonds is 4. The van der Waals surface area contributed by atoms with Crippen LogP contribution in [0.4, 0.5) is 0 Å². The summed E-state index contributed by atoms with van der Waals surface area (Å²) in [4.78, 5) is 26.8. The molecule has 2 heterocycles. The summed E-state index contributed by atoms with van der Waals surface area (Å²) in [5.41, 5.74) is 0.0282. The zero-order chi connectivity index (χ0) is 13.8. The third kappa shape index (κ3) is 3.51. The maximum Gasteiger partial charge on any atom is 0.355 e. The largest absolute Gasteiger partial charge is 0.476 e. The van der Waals surface area contributed by atoms with Crippen LogP contribution in [-0.2, 0) is 4.79 Å². The van der Waals surface area contributed by atoms with Crippen LogP contribution in [0.15, 0.2) is 5.38 Å². The number of thiazole rings is 1. The van der Waals surface area contributed by atoms with Crippen molar-refractivity contribution in [1.82, 2.24) is 15.6 Å². The number of nitrogens with one attached hydrogen (secondary N) is 2. The molecule has 1 aromatic heterocycles. The molecule has 1 amide bonds. The normalized spacial score (nSPS) is 20.8. The van der Waals surface area contributed by atoms with Crippen molar-refractivity contribution in [2.24, 2.45) is 5.92 Å². The number of aromatic nitrogens is 1. The topological polar surface area (TPSA) is 91.3 Å². The molecule has 6 nitrogen and oxygen atoms in total. The van der Waals surface area contributed by atoms with Gasteiger partial charge < -0.3 is 15.7 Å². The molecule has 2 atom stereocenters. The predicted octanol–water partition coefficient (Wildman–Crippen LogP) is 1.02. The van der Waals surface area contributed by atoms with Gasteiger partial charge in [-0.25, -0.2) is 9.78 Å². The first-order valence-electron chi connectivity index (χ1n) is 6.27. The van der Waals surface area contributed by atoms with Crippen LogP contribution < -0.4 is 10.6 Å². The summed E-state index contributed by atoms with van der Waals surface area (Å²) < 4.78 is 0. The summed E-state index contributed by atoms with van der Waals surface area (Å²) >= 11 is 1.25.